The maximum Gasteiger partial charge on any atom is 0.0541 e. The highest BCUT2D eigenvalue weighted by Gasteiger charge is 2.19. The molecule has 0 aliphatic carbocycles. The SMILES string of the molecule is CN(CC1CCN(CCN)CC1)c1cc[nH]c1. The lowest BCUT2D eigenvalue weighted by molar-refractivity contribution is 0.191. The maximum atomic E-state index is 5.59. The van der Waals surface area contributed by atoms with Gasteiger partial charge in [0.2, 0.25) is 0 Å². The number of rotatable bonds is 5. The second-order valence-corrected chi connectivity index (χ2v) is 5.02. The summed E-state index contributed by atoms with van der Waals surface area (Å²) in [6.45, 7) is 5.42. The van der Waals surface area contributed by atoms with Crippen LogP contribution in [0.5, 0.6) is 0 Å². The molecule has 4 nitrogen and oxygen atoms in total. The van der Waals surface area contributed by atoms with E-state index in [2.05, 4.69) is 34.1 Å². The van der Waals surface area contributed by atoms with Crippen LogP contribution >= 0.6 is 0 Å². The van der Waals surface area contributed by atoms with Crippen molar-refractivity contribution in [3.8, 4) is 0 Å². The second-order valence-electron chi connectivity index (χ2n) is 5.02. The Morgan fingerprint density at radius 3 is 2.82 bits per heavy atom. The molecule has 0 radical (unpaired) electrons. The molecule has 1 aromatic rings. The first kappa shape index (κ1) is 12.5. The zero-order valence-electron chi connectivity index (χ0n) is 10.7. The van der Waals surface area contributed by atoms with E-state index in [4.69, 9.17) is 5.73 Å². The Hall–Kier alpha value is -1.00. The first-order valence-corrected chi connectivity index (χ1v) is 6.56. The lowest BCUT2D eigenvalue weighted by atomic mass is 9.96. The number of nitrogens with zero attached hydrogens (tertiary/aromatic N) is 2. The summed E-state index contributed by atoms with van der Waals surface area (Å²) in [7, 11) is 2.18. The number of anilines is 1. The van der Waals surface area contributed by atoms with Gasteiger partial charge >= 0.3 is 0 Å². The molecule has 3 N–H and O–H groups in total. The van der Waals surface area contributed by atoms with E-state index in [1.54, 1.807) is 0 Å². The summed E-state index contributed by atoms with van der Waals surface area (Å²) in [4.78, 5) is 7.93. The van der Waals surface area contributed by atoms with Crippen molar-refractivity contribution >= 4 is 5.69 Å². The van der Waals surface area contributed by atoms with E-state index >= 15 is 0 Å². The third-order valence-electron chi connectivity index (χ3n) is 3.71. The van der Waals surface area contributed by atoms with Gasteiger partial charge in [0.25, 0.3) is 0 Å². The van der Waals surface area contributed by atoms with Crippen LogP contribution < -0.4 is 10.6 Å². The molecule has 4 heteroatoms. The fourth-order valence-corrected chi connectivity index (χ4v) is 2.62. The zero-order chi connectivity index (χ0) is 12.1. The second kappa shape index (κ2) is 6.07. The molecule has 0 saturated carbocycles. The van der Waals surface area contributed by atoms with E-state index in [0.717, 1.165) is 25.6 Å². The quantitative estimate of drug-likeness (QED) is 0.805. The molecule has 1 aliphatic heterocycles. The van der Waals surface area contributed by atoms with Gasteiger partial charge in [-0.25, -0.2) is 0 Å². The number of nitrogens with one attached hydrogen (secondary N) is 1. The fourth-order valence-electron chi connectivity index (χ4n) is 2.62. The third-order valence-corrected chi connectivity index (χ3v) is 3.71. The summed E-state index contributed by atoms with van der Waals surface area (Å²) in [5.74, 6) is 0.823. The largest absolute Gasteiger partial charge is 0.373 e. The highest BCUT2D eigenvalue weighted by atomic mass is 15.1. The Morgan fingerprint density at radius 2 is 2.24 bits per heavy atom. The molecule has 1 fully saturated rings. The van der Waals surface area contributed by atoms with Crippen LogP contribution in [0.3, 0.4) is 0 Å². The van der Waals surface area contributed by atoms with E-state index in [1.165, 1.54) is 31.6 Å². The van der Waals surface area contributed by atoms with Gasteiger partial charge in [0, 0.05) is 39.1 Å². The Balaban J connectivity index is 1.74. The first-order chi connectivity index (χ1) is 8.29. The van der Waals surface area contributed by atoms with E-state index in [1.807, 2.05) is 6.20 Å². The summed E-state index contributed by atoms with van der Waals surface area (Å²) in [5.41, 5.74) is 6.87. The van der Waals surface area contributed by atoms with Crippen molar-refractivity contribution < 1.29 is 0 Å². The number of aromatic nitrogens is 1. The smallest absolute Gasteiger partial charge is 0.0541 e. The normalized spacial score (nSPS) is 18.5. The Labute approximate surface area is 104 Å². The van der Waals surface area contributed by atoms with Crippen molar-refractivity contribution in [1.29, 1.82) is 0 Å². The van der Waals surface area contributed by atoms with Gasteiger partial charge in [-0.05, 0) is 37.9 Å². The highest BCUT2D eigenvalue weighted by Crippen LogP contribution is 2.20. The van der Waals surface area contributed by atoms with E-state index in [0.29, 0.717) is 0 Å². The molecule has 96 valence electrons. The first-order valence-electron chi connectivity index (χ1n) is 6.56. The molecule has 2 heterocycles. The van der Waals surface area contributed by atoms with Crippen molar-refractivity contribution in [2.45, 2.75) is 12.8 Å². The van der Waals surface area contributed by atoms with Gasteiger partial charge in [-0.15, -0.1) is 0 Å². The predicted octanol–water partition coefficient (Wildman–Crippen LogP) is 1.12. The van der Waals surface area contributed by atoms with E-state index < -0.39 is 0 Å². The minimum absolute atomic E-state index is 0.786. The Kier molecular flexibility index (Phi) is 4.45. The molecule has 1 aliphatic rings. The lowest BCUT2D eigenvalue weighted by Crippen LogP contribution is -2.39. The Morgan fingerprint density at radius 1 is 1.47 bits per heavy atom. The van der Waals surface area contributed by atoms with Crippen LogP contribution in [-0.4, -0.2) is 49.7 Å². The van der Waals surface area contributed by atoms with Gasteiger partial charge in [-0.2, -0.15) is 0 Å². The number of H-pyrrole nitrogens is 1. The molecule has 1 aromatic heterocycles. The van der Waals surface area contributed by atoms with Crippen molar-refractivity contribution in [3.05, 3.63) is 18.5 Å². The van der Waals surface area contributed by atoms with Crippen molar-refractivity contribution in [1.82, 2.24) is 9.88 Å². The van der Waals surface area contributed by atoms with Gasteiger partial charge in [0.15, 0.2) is 0 Å². The minimum atomic E-state index is 0.786. The van der Waals surface area contributed by atoms with Gasteiger partial charge in [0.05, 0.1) is 5.69 Å². The lowest BCUT2D eigenvalue weighted by Gasteiger charge is -2.33. The summed E-state index contributed by atoms with van der Waals surface area (Å²) >= 11 is 0. The monoisotopic (exact) mass is 236 g/mol. The third kappa shape index (κ3) is 3.48. The molecule has 0 atom stereocenters. The van der Waals surface area contributed by atoms with Gasteiger partial charge in [-0.3, -0.25) is 0 Å². The van der Waals surface area contributed by atoms with Crippen molar-refractivity contribution in [2.75, 3.05) is 44.7 Å². The number of piperidine rings is 1. The molecule has 0 spiro atoms. The van der Waals surface area contributed by atoms with Crippen LogP contribution in [0.4, 0.5) is 5.69 Å². The van der Waals surface area contributed by atoms with E-state index in [-0.39, 0.29) is 0 Å². The standard InChI is InChI=1S/C13H24N4/c1-16(13-2-6-15-10-13)11-12-3-7-17(8-4-12)9-5-14/h2,6,10,12,15H,3-5,7-9,11,14H2,1H3. The molecule has 17 heavy (non-hydrogen) atoms. The number of likely N-dealkylation sites (tertiary alicyclic amines) is 1. The van der Waals surface area contributed by atoms with Crippen LogP contribution in [0.15, 0.2) is 18.5 Å². The predicted molar refractivity (Wildman–Crippen MR) is 72.3 cm³/mol. The van der Waals surface area contributed by atoms with Crippen LogP contribution in [0.2, 0.25) is 0 Å². The van der Waals surface area contributed by atoms with Gasteiger partial charge < -0.3 is 20.5 Å². The molecule has 0 bridgehead atoms. The average Bonchev–Trinajstić information content (AvgIpc) is 2.86. The molecule has 0 unspecified atom stereocenters. The molecular weight excluding hydrogens is 212 g/mol. The molecule has 0 amide bonds. The van der Waals surface area contributed by atoms with Crippen LogP contribution in [0.1, 0.15) is 12.8 Å². The Bertz CT molecular complexity index is 301. The molecule has 0 aromatic carbocycles. The summed E-state index contributed by atoms with van der Waals surface area (Å²) in [6.07, 6.45) is 6.64. The molecular formula is C13H24N4. The summed E-state index contributed by atoms with van der Waals surface area (Å²) in [5, 5.41) is 0. The van der Waals surface area contributed by atoms with Crippen molar-refractivity contribution in [3.63, 3.8) is 0 Å². The maximum absolute atomic E-state index is 5.59. The molecule has 2 rings (SSSR count). The van der Waals surface area contributed by atoms with Crippen LogP contribution in [0.25, 0.3) is 0 Å². The summed E-state index contributed by atoms with van der Waals surface area (Å²) in [6, 6.07) is 2.13. The van der Waals surface area contributed by atoms with Crippen molar-refractivity contribution in [2.24, 2.45) is 11.7 Å². The summed E-state index contributed by atoms with van der Waals surface area (Å²) < 4.78 is 0. The number of hydrogen-bond acceptors (Lipinski definition) is 3. The average molecular weight is 236 g/mol. The van der Waals surface area contributed by atoms with E-state index in [9.17, 15) is 0 Å². The number of hydrogen-bond donors (Lipinski definition) is 2. The highest BCUT2D eigenvalue weighted by molar-refractivity contribution is 5.43. The molecule has 1 saturated heterocycles. The zero-order valence-corrected chi connectivity index (χ0v) is 10.7. The van der Waals surface area contributed by atoms with Crippen LogP contribution in [-0.2, 0) is 0 Å². The number of aromatic amines is 1. The fraction of sp³-hybridized carbons (Fsp3) is 0.692. The van der Waals surface area contributed by atoms with Gasteiger partial charge in [-0.1, -0.05) is 0 Å². The van der Waals surface area contributed by atoms with Gasteiger partial charge in [0.1, 0.15) is 0 Å². The minimum Gasteiger partial charge on any atom is -0.373 e. The topological polar surface area (TPSA) is 48.3 Å². The number of nitrogens with two attached hydrogens (primary N) is 1. The van der Waals surface area contributed by atoms with Crippen LogP contribution in [0, 0.1) is 5.92 Å².